The van der Waals surface area contributed by atoms with Crippen molar-refractivity contribution < 1.29 is 24.2 Å². The summed E-state index contributed by atoms with van der Waals surface area (Å²) in [5, 5.41) is 12.7. The van der Waals surface area contributed by atoms with Crippen molar-refractivity contribution in [3.05, 3.63) is 71.9 Å². The van der Waals surface area contributed by atoms with Gasteiger partial charge in [0.15, 0.2) is 0 Å². The summed E-state index contributed by atoms with van der Waals surface area (Å²) >= 11 is 0. The number of carboxylic acids is 1. The molecule has 0 saturated carbocycles. The number of alkyl carbamates (subject to hydrolysis) is 1. The molecule has 0 saturated heterocycles. The second kappa shape index (κ2) is 11.0. The minimum absolute atomic E-state index is 0.179. The highest BCUT2D eigenvalue weighted by molar-refractivity contribution is 5.85. The van der Waals surface area contributed by atoms with E-state index in [-0.39, 0.29) is 12.3 Å². The average Bonchev–Trinajstić information content (AvgIpc) is 3.10. The maximum absolute atomic E-state index is 11.8. The molecule has 2 aromatic carbocycles. The number of carbonyl (C=O) groups is 3. The number of carboxylic acid groups (broad SMARTS) is 1. The summed E-state index contributed by atoms with van der Waals surface area (Å²) in [6.07, 6.45) is 1.54. The van der Waals surface area contributed by atoms with Crippen LogP contribution in [-0.4, -0.2) is 39.7 Å². The van der Waals surface area contributed by atoms with Gasteiger partial charge in [0.05, 0.1) is 6.42 Å². The lowest BCUT2D eigenvalue weighted by atomic mass is 10.1. The zero-order valence-corrected chi connectivity index (χ0v) is 18.4. The molecular weight excluding hydrogens is 410 g/mol. The van der Waals surface area contributed by atoms with Crippen LogP contribution in [0.2, 0.25) is 0 Å². The summed E-state index contributed by atoms with van der Waals surface area (Å²) < 4.78 is 5.10. The molecule has 32 heavy (non-hydrogen) atoms. The van der Waals surface area contributed by atoms with Gasteiger partial charge >= 0.3 is 12.1 Å². The van der Waals surface area contributed by atoms with E-state index >= 15 is 0 Å². The number of rotatable bonds is 6. The number of aromatic nitrogens is 1. The van der Waals surface area contributed by atoms with Crippen LogP contribution in [0.4, 0.5) is 4.79 Å². The normalized spacial score (nSPS) is 11.7. The van der Waals surface area contributed by atoms with Gasteiger partial charge in [-0.1, -0.05) is 48.5 Å². The fourth-order valence-electron chi connectivity index (χ4n) is 2.97. The van der Waals surface area contributed by atoms with Crippen LogP contribution < -0.4 is 11.1 Å². The molecule has 0 aliphatic rings. The summed E-state index contributed by atoms with van der Waals surface area (Å²) in [5.74, 6) is -1.39. The van der Waals surface area contributed by atoms with Gasteiger partial charge in [-0.2, -0.15) is 0 Å². The van der Waals surface area contributed by atoms with E-state index in [1.165, 1.54) is 0 Å². The molecule has 2 amide bonds. The van der Waals surface area contributed by atoms with Crippen LogP contribution in [0.3, 0.4) is 0 Å². The van der Waals surface area contributed by atoms with E-state index < -0.39 is 23.7 Å². The fraction of sp³-hybridized carbons (Fsp3) is 0.292. The van der Waals surface area contributed by atoms with Crippen LogP contribution in [0.1, 0.15) is 31.9 Å². The Morgan fingerprint density at radius 2 is 1.69 bits per heavy atom. The molecular formula is C24H29N3O5. The Balaban J connectivity index is 0.000000303. The number of hydrogen-bond donors (Lipinski definition) is 4. The zero-order chi connectivity index (χ0) is 23.7. The third kappa shape index (κ3) is 8.14. The lowest BCUT2D eigenvalue weighted by Gasteiger charge is -2.21. The van der Waals surface area contributed by atoms with Gasteiger partial charge in [0, 0.05) is 23.5 Å². The predicted octanol–water partition coefficient (Wildman–Crippen LogP) is 3.40. The highest BCUT2D eigenvalue weighted by Crippen LogP contribution is 2.19. The van der Waals surface area contributed by atoms with E-state index in [0.717, 1.165) is 22.0 Å². The Bertz CT molecular complexity index is 1050. The molecule has 1 aromatic heterocycles. The Labute approximate surface area is 186 Å². The molecule has 1 heterocycles. The summed E-state index contributed by atoms with van der Waals surface area (Å²) in [5.41, 5.74) is 7.04. The van der Waals surface area contributed by atoms with Gasteiger partial charge in [-0.15, -0.1) is 0 Å². The van der Waals surface area contributed by atoms with Crippen LogP contribution in [0.5, 0.6) is 0 Å². The van der Waals surface area contributed by atoms with Gasteiger partial charge in [0.25, 0.3) is 0 Å². The molecule has 3 aromatic rings. The van der Waals surface area contributed by atoms with E-state index in [4.69, 9.17) is 10.5 Å². The first-order valence-electron chi connectivity index (χ1n) is 10.1. The number of H-pyrrole nitrogens is 1. The van der Waals surface area contributed by atoms with Crippen molar-refractivity contribution in [2.24, 2.45) is 5.73 Å². The Kier molecular flexibility index (Phi) is 8.40. The lowest BCUT2D eigenvalue weighted by Crippen LogP contribution is -2.44. The van der Waals surface area contributed by atoms with Gasteiger partial charge in [0.2, 0.25) is 5.91 Å². The Morgan fingerprint density at radius 3 is 2.28 bits per heavy atom. The maximum Gasteiger partial charge on any atom is 0.408 e. The number of nitrogens with one attached hydrogen (secondary N) is 2. The molecule has 170 valence electrons. The summed E-state index contributed by atoms with van der Waals surface area (Å²) in [6, 6.07) is 16.0. The van der Waals surface area contributed by atoms with Gasteiger partial charge in [-0.25, -0.2) is 9.59 Å². The maximum atomic E-state index is 11.8. The number of para-hydroxylation sites is 1. The number of amides is 2. The Morgan fingerprint density at radius 1 is 1.06 bits per heavy atom. The van der Waals surface area contributed by atoms with Crippen molar-refractivity contribution >= 4 is 28.9 Å². The predicted molar refractivity (Wildman–Crippen MR) is 122 cm³/mol. The number of aliphatic carboxylic acids is 1. The summed E-state index contributed by atoms with van der Waals surface area (Å²) in [4.78, 5) is 36.6. The standard InChI is InChI=1S/C16H20N2O4.C8H9NO/c1-16(2,3)22-15(21)18-13(14(19)20)8-10-9-17-12-7-5-4-6-11(10)12;9-8(10)6-7-4-2-1-3-5-7/h4-7,9,13,17H,8H2,1-3H3,(H,18,21)(H,19,20);1-5H,6H2,(H2,9,10)/t13-;/m0./s1. The lowest BCUT2D eigenvalue weighted by molar-refractivity contribution is -0.139. The average molecular weight is 440 g/mol. The number of nitrogens with two attached hydrogens (primary N) is 1. The molecule has 3 rings (SSSR count). The van der Waals surface area contributed by atoms with Crippen molar-refractivity contribution in [1.82, 2.24) is 10.3 Å². The van der Waals surface area contributed by atoms with Crippen LogP contribution in [-0.2, 0) is 27.2 Å². The van der Waals surface area contributed by atoms with Crippen molar-refractivity contribution in [2.75, 3.05) is 0 Å². The van der Waals surface area contributed by atoms with E-state index in [0.29, 0.717) is 6.42 Å². The topological polar surface area (TPSA) is 135 Å². The molecule has 8 heteroatoms. The van der Waals surface area contributed by atoms with Crippen molar-refractivity contribution in [3.8, 4) is 0 Å². The Hall–Kier alpha value is -3.81. The molecule has 0 aliphatic carbocycles. The molecule has 0 bridgehead atoms. The number of ether oxygens (including phenoxy) is 1. The van der Waals surface area contributed by atoms with Gasteiger partial charge < -0.3 is 25.9 Å². The van der Waals surface area contributed by atoms with E-state index in [9.17, 15) is 19.5 Å². The van der Waals surface area contributed by atoms with Gasteiger partial charge in [-0.3, -0.25) is 4.79 Å². The molecule has 8 nitrogen and oxygen atoms in total. The number of benzene rings is 2. The molecule has 0 fully saturated rings. The number of fused-ring (bicyclic) bond motifs is 1. The second-order valence-corrected chi connectivity index (χ2v) is 8.23. The molecule has 0 aliphatic heterocycles. The van der Waals surface area contributed by atoms with Crippen LogP contribution in [0, 0.1) is 0 Å². The van der Waals surface area contributed by atoms with Crippen molar-refractivity contribution in [1.29, 1.82) is 0 Å². The highest BCUT2D eigenvalue weighted by atomic mass is 16.6. The summed E-state index contributed by atoms with van der Waals surface area (Å²) in [7, 11) is 0. The monoisotopic (exact) mass is 439 g/mol. The minimum Gasteiger partial charge on any atom is -0.480 e. The van der Waals surface area contributed by atoms with Crippen molar-refractivity contribution in [2.45, 2.75) is 45.3 Å². The fourth-order valence-corrected chi connectivity index (χ4v) is 2.97. The van der Waals surface area contributed by atoms with Crippen LogP contribution in [0.15, 0.2) is 60.8 Å². The zero-order valence-electron chi connectivity index (χ0n) is 18.4. The van der Waals surface area contributed by atoms with Crippen molar-refractivity contribution in [3.63, 3.8) is 0 Å². The largest absolute Gasteiger partial charge is 0.480 e. The SMILES string of the molecule is CC(C)(C)OC(=O)N[C@@H](Cc1c[nH]c2ccccc12)C(=O)O.NC(=O)Cc1ccccc1. The van der Waals surface area contributed by atoms with E-state index in [1.54, 1.807) is 27.0 Å². The number of aromatic amines is 1. The van der Waals surface area contributed by atoms with Gasteiger partial charge in [-0.05, 0) is 38.0 Å². The van der Waals surface area contributed by atoms with E-state index in [2.05, 4.69) is 10.3 Å². The second-order valence-electron chi connectivity index (χ2n) is 8.23. The third-order valence-corrected chi connectivity index (χ3v) is 4.31. The third-order valence-electron chi connectivity index (χ3n) is 4.31. The molecule has 1 atom stereocenters. The molecule has 0 radical (unpaired) electrons. The molecule has 5 N–H and O–H groups in total. The quantitative estimate of drug-likeness (QED) is 0.467. The molecule has 0 unspecified atom stereocenters. The first kappa shape index (κ1) is 24.5. The first-order chi connectivity index (χ1) is 15.0. The molecule has 0 spiro atoms. The van der Waals surface area contributed by atoms with E-state index in [1.807, 2.05) is 54.6 Å². The smallest absolute Gasteiger partial charge is 0.408 e. The summed E-state index contributed by atoms with van der Waals surface area (Å²) in [6.45, 7) is 5.17. The number of primary amides is 1. The van der Waals surface area contributed by atoms with Gasteiger partial charge in [0.1, 0.15) is 11.6 Å². The number of carbonyl (C=O) groups excluding carboxylic acids is 2. The number of hydrogen-bond acceptors (Lipinski definition) is 4. The first-order valence-corrected chi connectivity index (χ1v) is 10.1. The highest BCUT2D eigenvalue weighted by Gasteiger charge is 2.25. The van der Waals surface area contributed by atoms with Crippen LogP contribution in [0.25, 0.3) is 10.9 Å². The minimum atomic E-state index is -1.10. The van der Waals surface area contributed by atoms with Crippen LogP contribution >= 0.6 is 0 Å².